The molecule has 0 unspecified atom stereocenters. The molecule has 3 aromatic rings. The Bertz CT molecular complexity index is 656. The second kappa shape index (κ2) is 8.49. The van der Waals surface area contributed by atoms with Crippen molar-refractivity contribution in [3.63, 3.8) is 0 Å². The molecule has 0 bridgehead atoms. The molecule has 2 heteroatoms. The smallest absolute Gasteiger partial charge is 0.195 e. The minimum atomic E-state index is 0.139. The van der Waals surface area contributed by atoms with Crippen molar-refractivity contribution in [1.82, 2.24) is 0 Å². The molecule has 0 aliphatic carbocycles. The largest absolute Gasteiger partial charge is 0.289 e. The first-order chi connectivity index (χ1) is 9.77. The quantitative estimate of drug-likeness (QED) is 0.473. The van der Waals surface area contributed by atoms with Crippen molar-refractivity contribution in [3.8, 4) is 0 Å². The molecule has 1 heterocycles. The zero-order chi connectivity index (χ0) is 15.0. The molecule has 3 rings (SSSR count). The van der Waals surface area contributed by atoms with Gasteiger partial charge in [0.05, 0.1) is 0 Å². The average Bonchev–Trinajstić information content (AvgIpc) is 2.50. The van der Waals surface area contributed by atoms with Gasteiger partial charge < -0.3 is 0 Å². The van der Waals surface area contributed by atoms with Gasteiger partial charge in [-0.3, -0.25) is 4.79 Å². The summed E-state index contributed by atoms with van der Waals surface area (Å²) in [5.41, 5.74) is 0.139. The van der Waals surface area contributed by atoms with Crippen molar-refractivity contribution >= 4 is 31.5 Å². The van der Waals surface area contributed by atoms with E-state index in [4.69, 9.17) is 0 Å². The van der Waals surface area contributed by atoms with E-state index in [1.807, 2.05) is 62.4 Å². The summed E-state index contributed by atoms with van der Waals surface area (Å²) in [6, 6.07) is 15.5. The molecule has 2 aromatic carbocycles. The standard InChI is InChI=1S/C13H8OS.C3H8.C2H6/c14-13-9-5-1-3-7-11(9)15-12-8-4-2-6-10(12)13;1-3-2;1-2/h1-8H;3H2,1-2H3;1-2H3. The first-order valence-corrected chi connectivity index (χ1v) is 8.00. The molecule has 0 amide bonds. The Balaban J connectivity index is 0.000000357. The van der Waals surface area contributed by atoms with Gasteiger partial charge in [-0.25, -0.2) is 0 Å². The van der Waals surface area contributed by atoms with E-state index < -0.39 is 0 Å². The lowest BCUT2D eigenvalue weighted by atomic mass is 10.2. The van der Waals surface area contributed by atoms with Crippen LogP contribution in [-0.2, 0) is 0 Å². The highest BCUT2D eigenvalue weighted by Crippen LogP contribution is 2.23. The van der Waals surface area contributed by atoms with E-state index in [1.165, 1.54) is 6.42 Å². The predicted molar refractivity (Wildman–Crippen MR) is 92.9 cm³/mol. The maximum atomic E-state index is 12.1. The molecule has 20 heavy (non-hydrogen) atoms. The summed E-state index contributed by atoms with van der Waals surface area (Å²) in [5.74, 6) is 0. The van der Waals surface area contributed by atoms with Gasteiger partial charge >= 0.3 is 0 Å². The lowest BCUT2D eigenvalue weighted by Gasteiger charge is -1.99. The summed E-state index contributed by atoms with van der Waals surface area (Å²) in [5, 5.41) is 1.64. The fourth-order valence-electron chi connectivity index (χ4n) is 1.75. The zero-order valence-electron chi connectivity index (χ0n) is 12.6. The number of fused-ring (bicyclic) bond motifs is 2. The third kappa shape index (κ3) is 3.67. The number of hydrogen-bond acceptors (Lipinski definition) is 2. The fraction of sp³-hybridized carbons (Fsp3) is 0.278. The van der Waals surface area contributed by atoms with Gasteiger partial charge in [-0.1, -0.05) is 58.4 Å². The van der Waals surface area contributed by atoms with Gasteiger partial charge in [-0.2, -0.15) is 0 Å². The van der Waals surface area contributed by atoms with E-state index in [2.05, 4.69) is 13.8 Å². The number of rotatable bonds is 0. The monoisotopic (exact) mass is 286 g/mol. The van der Waals surface area contributed by atoms with Gasteiger partial charge in [-0.15, -0.1) is 11.3 Å². The van der Waals surface area contributed by atoms with Gasteiger partial charge in [0.2, 0.25) is 0 Å². The lowest BCUT2D eigenvalue weighted by Crippen LogP contribution is -1.99. The summed E-state index contributed by atoms with van der Waals surface area (Å²) in [7, 11) is 0. The molecular weight excluding hydrogens is 264 g/mol. The molecule has 0 atom stereocenters. The fourth-order valence-corrected chi connectivity index (χ4v) is 2.82. The van der Waals surface area contributed by atoms with Crippen LogP contribution in [0, 0.1) is 0 Å². The van der Waals surface area contributed by atoms with Crippen LogP contribution in [0.1, 0.15) is 34.1 Å². The van der Waals surface area contributed by atoms with E-state index >= 15 is 0 Å². The van der Waals surface area contributed by atoms with Crippen molar-refractivity contribution in [3.05, 3.63) is 58.8 Å². The van der Waals surface area contributed by atoms with Crippen LogP contribution in [0.15, 0.2) is 53.3 Å². The first-order valence-electron chi connectivity index (χ1n) is 7.18. The molecule has 1 aromatic heterocycles. The van der Waals surface area contributed by atoms with E-state index in [9.17, 15) is 4.79 Å². The highest BCUT2D eigenvalue weighted by atomic mass is 32.1. The van der Waals surface area contributed by atoms with Gasteiger partial charge in [-0.05, 0) is 24.3 Å². The van der Waals surface area contributed by atoms with Crippen molar-refractivity contribution in [1.29, 1.82) is 0 Å². The van der Waals surface area contributed by atoms with Crippen LogP contribution in [0.3, 0.4) is 0 Å². The minimum absolute atomic E-state index is 0.139. The Labute approximate surface area is 124 Å². The maximum absolute atomic E-state index is 12.1. The van der Waals surface area contributed by atoms with Crippen LogP contribution in [0.25, 0.3) is 20.2 Å². The molecule has 0 spiro atoms. The third-order valence-corrected chi connectivity index (χ3v) is 3.64. The Morgan fingerprint density at radius 1 is 0.800 bits per heavy atom. The highest BCUT2D eigenvalue weighted by Gasteiger charge is 2.03. The molecule has 0 fully saturated rings. The summed E-state index contributed by atoms with van der Waals surface area (Å²) in [6.45, 7) is 8.25. The normalized spacial score (nSPS) is 9.40. The van der Waals surface area contributed by atoms with Crippen LogP contribution >= 0.6 is 11.3 Å². The topological polar surface area (TPSA) is 17.1 Å². The van der Waals surface area contributed by atoms with E-state index in [0.29, 0.717) is 0 Å². The molecule has 1 nitrogen and oxygen atoms in total. The summed E-state index contributed by atoms with van der Waals surface area (Å²) < 4.78 is 2.11. The molecule has 0 aliphatic rings. The number of hydrogen-bond donors (Lipinski definition) is 0. The summed E-state index contributed by atoms with van der Waals surface area (Å²) in [6.07, 6.45) is 1.25. The Hall–Kier alpha value is -1.67. The lowest BCUT2D eigenvalue weighted by molar-refractivity contribution is 1.09. The van der Waals surface area contributed by atoms with Gasteiger partial charge in [0, 0.05) is 20.2 Å². The van der Waals surface area contributed by atoms with Crippen LogP contribution in [-0.4, -0.2) is 0 Å². The van der Waals surface area contributed by atoms with Crippen molar-refractivity contribution in [2.24, 2.45) is 0 Å². The highest BCUT2D eigenvalue weighted by molar-refractivity contribution is 7.24. The van der Waals surface area contributed by atoms with E-state index in [0.717, 1.165) is 20.2 Å². The molecule has 106 valence electrons. The van der Waals surface area contributed by atoms with Crippen molar-refractivity contribution in [2.75, 3.05) is 0 Å². The molecule has 0 saturated carbocycles. The Morgan fingerprint density at radius 2 is 1.15 bits per heavy atom. The van der Waals surface area contributed by atoms with E-state index in [1.54, 1.807) is 11.3 Å². The Morgan fingerprint density at radius 3 is 1.55 bits per heavy atom. The van der Waals surface area contributed by atoms with Crippen LogP contribution in [0.2, 0.25) is 0 Å². The first kappa shape index (κ1) is 16.4. The summed E-state index contributed by atoms with van der Waals surface area (Å²) >= 11 is 1.67. The van der Waals surface area contributed by atoms with Gasteiger partial charge in [0.25, 0.3) is 0 Å². The second-order valence-corrected chi connectivity index (χ2v) is 5.21. The maximum Gasteiger partial charge on any atom is 0.195 e. The third-order valence-electron chi connectivity index (χ3n) is 2.48. The van der Waals surface area contributed by atoms with Gasteiger partial charge in [0.15, 0.2) is 5.43 Å². The van der Waals surface area contributed by atoms with Crippen LogP contribution < -0.4 is 5.43 Å². The average molecular weight is 286 g/mol. The Kier molecular flexibility index (Phi) is 6.96. The molecule has 0 N–H and O–H groups in total. The zero-order valence-corrected chi connectivity index (χ0v) is 13.5. The van der Waals surface area contributed by atoms with Crippen LogP contribution in [0.4, 0.5) is 0 Å². The summed E-state index contributed by atoms with van der Waals surface area (Å²) in [4.78, 5) is 12.1. The molecule has 0 aliphatic heterocycles. The predicted octanol–water partition coefficient (Wildman–Crippen LogP) is 5.86. The van der Waals surface area contributed by atoms with Crippen molar-refractivity contribution < 1.29 is 0 Å². The second-order valence-electron chi connectivity index (χ2n) is 4.13. The van der Waals surface area contributed by atoms with Crippen molar-refractivity contribution in [2.45, 2.75) is 34.1 Å². The SMILES string of the molecule is CC.CCC.O=c1c2ccccc2sc2ccccc12. The minimum Gasteiger partial charge on any atom is -0.289 e. The molecular formula is C18H22OS. The van der Waals surface area contributed by atoms with Crippen LogP contribution in [0.5, 0.6) is 0 Å². The molecule has 0 radical (unpaired) electrons. The molecule has 0 saturated heterocycles. The number of benzene rings is 2. The van der Waals surface area contributed by atoms with Gasteiger partial charge in [0.1, 0.15) is 0 Å². The van der Waals surface area contributed by atoms with E-state index in [-0.39, 0.29) is 5.43 Å².